The molecule has 2 heterocycles. The lowest BCUT2D eigenvalue weighted by atomic mass is 9.76. The molecule has 1 saturated heterocycles. The Morgan fingerprint density at radius 1 is 1.31 bits per heavy atom. The summed E-state index contributed by atoms with van der Waals surface area (Å²) in [6.45, 7) is 1.75. The van der Waals surface area contributed by atoms with Gasteiger partial charge in [0.1, 0.15) is 10.7 Å². The van der Waals surface area contributed by atoms with Crippen molar-refractivity contribution in [2.24, 2.45) is 5.92 Å². The molecule has 1 N–H and O–H groups in total. The highest BCUT2D eigenvalue weighted by Crippen LogP contribution is 2.54. The molecule has 1 aromatic carbocycles. The van der Waals surface area contributed by atoms with Crippen LogP contribution in [0, 0.1) is 17.6 Å². The maximum Gasteiger partial charge on any atom is 0.417 e. The molecule has 1 aliphatic heterocycles. The quantitative estimate of drug-likeness (QED) is 0.414. The van der Waals surface area contributed by atoms with Crippen LogP contribution in [0.15, 0.2) is 35.1 Å². The Morgan fingerprint density at radius 3 is 2.59 bits per heavy atom. The lowest BCUT2D eigenvalue weighted by Gasteiger charge is -2.32. The van der Waals surface area contributed by atoms with E-state index in [1.54, 1.807) is 12.1 Å². The van der Waals surface area contributed by atoms with Crippen LogP contribution in [0.5, 0.6) is 5.75 Å². The minimum atomic E-state index is -4.81. The molecule has 11 heteroatoms. The Kier molecular flexibility index (Phi) is 6.80. The summed E-state index contributed by atoms with van der Waals surface area (Å²) in [6, 6.07) is 5.07. The van der Waals surface area contributed by atoms with Crippen LogP contribution in [0.1, 0.15) is 25.3 Å². The molecule has 5 nitrogen and oxygen atoms in total. The molecule has 0 aliphatic carbocycles. The number of alkyl halides is 3. The molecule has 0 bridgehead atoms. The zero-order chi connectivity index (χ0) is 23.8. The normalized spacial score (nSPS) is 25.6. The van der Waals surface area contributed by atoms with Gasteiger partial charge >= 0.3 is 6.18 Å². The van der Waals surface area contributed by atoms with Crippen LogP contribution < -0.4 is 10.1 Å². The maximum absolute atomic E-state index is 14.3. The van der Waals surface area contributed by atoms with E-state index in [0.717, 1.165) is 26.2 Å². The molecule has 0 amide bonds. The largest absolute Gasteiger partial charge is 0.493 e. The first kappa shape index (κ1) is 24.4. The fourth-order valence-corrected chi connectivity index (χ4v) is 4.26. The standard InChI is InChI=1S/C21H20BrF5N2O3/c1-10-16(12-4-5-13(23)17(24)18(12)31-3)19(32-20(10,2)21(25,26)27)14(30)9-29-11-6-7-28-15(22)8-11/h4-8,10,16,19H,9H2,1-3H3,(H,28,29)/t10?,16-,19?,20+/m0/s1. The maximum atomic E-state index is 14.3. The number of carbonyl (C=O) groups is 1. The summed E-state index contributed by atoms with van der Waals surface area (Å²) in [4.78, 5) is 17.0. The lowest BCUT2D eigenvalue weighted by Crippen LogP contribution is -2.47. The van der Waals surface area contributed by atoms with Gasteiger partial charge in [0.25, 0.3) is 0 Å². The van der Waals surface area contributed by atoms with Crippen LogP contribution in [-0.4, -0.2) is 42.3 Å². The van der Waals surface area contributed by atoms with Crippen LogP contribution in [0.2, 0.25) is 0 Å². The van der Waals surface area contributed by atoms with Gasteiger partial charge in [-0.05, 0) is 41.1 Å². The monoisotopic (exact) mass is 522 g/mol. The molecule has 32 heavy (non-hydrogen) atoms. The van der Waals surface area contributed by atoms with Gasteiger partial charge in [0.05, 0.1) is 13.7 Å². The average Bonchev–Trinajstić information content (AvgIpc) is 3.00. The average molecular weight is 523 g/mol. The van der Waals surface area contributed by atoms with Crippen molar-refractivity contribution in [2.45, 2.75) is 37.6 Å². The molecule has 4 atom stereocenters. The molecule has 0 spiro atoms. The van der Waals surface area contributed by atoms with Gasteiger partial charge in [-0.15, -0.1) is 0 Å². The van der Waals surface area contributed by atoms with E-state index in [-0.39, 0.29) is 12.1 Å². The van der Waals surface area contributed by atoms with Gasteiger partial charge in [-0.3, -0.25) is 4.79 Å². The number of pyridine rings is 1. The summed E-state index contributed by atoms with van der Waals surface area (Å²) in [5.41, 5.74) is -2.25. The van der Waals surface area contributed by atoms with Crippen molar-refractivity contribution in [2.75, 3.05) is 19.0 Å². The van der Waals surface area contributed by atoms with E-state index < -0.39 is 52.9 Å². The van der Waals surface area contributed by atoms with Crippen molar-refractivity contribution >= 4 is 27.4 Å². The zero-order valence-corrected chi connectivity index (χ0v) is 18.9. The number of methoxy groups -OCH3 is 1. The molecule has 1 fully saturated rings. The Balaban J connectivity index is 2.00. The molecule has 2 aromatic rings. The first-order chi connectivity index (χ1) is 14.9. The van der Waals surface area contributed by atoms with Crippen LogP contribution >= 0.6 is 15.9 Å². The first-order valence-electron chi connectivity index (χ1n) is 9.55. The van der Waals surface area contributed by atoms with Gasteiger partial charge in [0, 0.05) is 29.3 Å². The van der Waals surface area contributed by atoms with Gasteiger partial charge < -0.3 is 14.8 Å². The molecule has 174 valence electrons. The van der Waals surface area contributed by atoms with E-state index in [9.17, 15) is 26.7 Å². The number of hydrogen-bond donors (Lipinski definition) is 1. The Morgan fingerprint density at radius 2 is 2.00 bits per heavy atom. The number of nitrogens with one attached hydrogen (secondary N) is 1. The van der Waals surface area contributed by atoms with E-state index >= 15 is 0 Å². The summed E-state index contributed by atoms with van der Waals surface area (Å²) in [6.07, 6.45) is -4.91. The number of anilines is 1. The van der Waals surface area contributed by atoms with Crippen molar-refractivity contribution in [3.63, 3.8) is 0 Å². The van der Waals surface area contributed by atoms with Crippen LogP contribution in [-0.2, 0) is 9.53 Å². The van der Waals surface area contributed by atoms with Gasteiger partial charge in [-0.25, -0.2) is 9.37 Å². The predicted octanol–water partition coefficient (Wildman–Crippen LogP) is 5.25. The van der Waals surface area contributed by atoms with E-state index in [0.29, 0.717) is 10.3 Å². The van der Waals surface area contributed by atoms with Gasteiger partial charge in [0.15, 0.2) is 23.0 Å². The summed E-state index contributed by atoms with van der Waals surface area (Å²) in [5.74, 6) is -6.34. The lowest BCUT2D eigenvalue weighted by molar-refractivity contribution is -0.272. The number of ether oxygens (including phenoxy) is 2. The number of carbonyl (C=O) groups excluding carboxylic acids is 1. The third-order valence-electron chi connectivity index (χ3n) is 5.82. The van der Waals surface area contributed by atoms with E-state index in [4.69, 9.17) is 9.47 Å². The summed E-state index contributed by atoms with van der Waals surface area (Å²) < 4.78 is 80.6. The number of ketones is 1. The first-order valence-corrected chi connectivity index (χ1v) is 10.3. The van der Waals surface area contributed by atoms with Crippen LogP contribution in [0.4, 0.5) is 27.6 Å². The van der Waals surface area contributed by atoms with Crippen molar-refractivity contribution < 1.29 is 36.2 Å². The molecule has 1 aliphatic rings. The molecule has 0 saturated carbocycles. The predicted molar refractivity (Wildman–Crippen MR) is 110 cm³/mol. The van der Waals surface area contributed by atoms with E-state index in [2.05, 4.69) is 26.2 Å². The summed E-state index contributed by atoms with van der Waals surface area (Å²) >= 11 is 3.18. The highest BCUT2D eigenvalue weighted by atomic mass is 79.9. The van der Waals surface area contributed by atoms with Crippen LogP contribution in [0.25, 0.3) is 0 Å². The second kappa shape index (κ2) is 8.93. The molecular weight excluding hydrogens is 503 g/mol. The fraction of sp³-hybridized carbons (Fsp3) is 0.429. The zero-order valence-electron chi connectivity index (χ0n) is 17.3. The highest BCUT2D eigenvalue weighted by Gasteiger charge is 2.65. The number of benzene rings is 1. The van der Waals surface area contributed by atoms with Crippen molar-refractivity contribution in [3.8, 4) is 5.75 Å². The number of Topliss-reactive ketones (excluding diaryl/α,β-unsaturated/α-hetero) is 1. The minimum Gasteiger partial charge on any atom is -0.493 e. The minimum absolute atomic E-state index is 0.0723. The SMILES string of the molecule is COc1c([C@H]2C(C(=O)CNc3ccnc(Br)c3)O[C@@](C)(C(F)(F)F)C2C)ccc(F)c1F. The number of rotatable bonds is 6. The molecular formula is C21H20BrF5N2O3. The van der Waals surface area contributed by atoms with Gasteiger partial charge in [0.2, 0.25) is 5.82 Å². The second-order valence-corrected chi connectivity index (χ2v) is 8.44. The Bertz CT molecular complexity index is 1020. The third-order valence-corrected chi connectivity index (χ3v) is 6.26. The number of hydrogen-bond acceptors (Lipinski definition) is 5. The number of nitrogens with zero attached hydrogens (tertiary/aromatic N) is 1. The number of halogens is 6. The molecule has 3 rings (SSSR count). The summed E-state index contributed by atoms with van der Waals surface area (Å²) in [5, 5.41) is 2.82. The molecule has 1 aromatic heterocycles. The Labute approximate surface area is 189 Å². The number of aromatic nitrogens is 1. The Hall–Kier alpha value is -2.27. The fourth-order valence-electron chi connectivity index (χ4n) is 3.89. The van der Waals surface area contributed by atoms with Gasteiger partial charge in [-0.1, -0.05) is 13.0 Å². The van der Waals surface area contributed by atoms with Crippen molar-refractivity contribution in [1.29, 1.82) is 0 Å². The van der Waals surface area contributed by atoms with E-state index in [1.165, 1.54) is 13.1 Å². The van der Waals surface area contributed by atoms with Crippen molar-refractivity contribution in [1.82, 2.24) is 4.98 Å². The van der Waals surface area contributed by atoms with E-state index in [1.807, 2.05) is 0 Å². The smallest absolute Gasteiger partial charge is 0.417 e. The highest BCUT2D eigenvalue weighted by molar-refractivity contribution is 9.10. The van der Waals surface area contributed by atoms with Gasteiger partial charge in [-0.2, -0.15) is 17.6 Å². The summed E-state index contributed by atoms with van der Waals surface area (Å²) in [7, 11) is 1.07. The topological polar surface area (TPSA) is 60.5 Å². The third kappa shape index (κ3) is 4.32. The van der Waals surface area contributed by atoms with Crippen LogP contribution in [0.3, 0.4) is 0 Å². The molecule has 0 radical (unpaired) electrons. The van der Waals surface area contributed by atoms with Crippen molar-refractivity contribution in [3.05, 3.63) is 52.3 Å². The second-order valence-electron chi connectivity index (χ2n) is 7.63. The molecule has 2 unspecified atom stereocenters.